The number of aliphatic hydroxyl groups excluding tert-OH is 1. The second-order valence-electron chi connectivity index (χ2n) is 6.54. The number of anilines is 1. The summed E-state index contributed by atoms with van der Waals surface area (Å²) in [7, 11) is 1.56. The standard InChI is InChI=1S/C23H18N2O4S/c1-29-17-10-8-16(9-11-17)20-19(18(26)12-7-15-5-3-2-4-6-15)21(27)22(28)25(20)23-24-13-14-30-23/h2-14,20,27H,1H3/b12-7+. The Balaban J connectivity index is 1.76. The maximum Gasteiger partial charge on any atom is 0.296 e. The highest BCUT2D eigenvalue weighted by atomic mass is 32.1. The topological polar surface area (TPSA) is 79.7 Å². The summed E-state index contributed by atoms with van der Waals surface area (Å²) in [5.41, 5.74) is 1.53. The van der Waals surface area contributed by atoms with Gasteiger partial charge in [-0.2, -0.15) is 0 Å². The van der Waals surface area contributed by atoms with Crippen molar-refractivity contribution >= 4 is 34.2 Å². The molecule has 1 amide bonds. The summed E-state index contributed by atoms with van der Waals surface area (Å²) < 4.78 is 5.20. The predicted octanol–water partition coefficient (Wildman–Crippen LogP) is 4.33. The highest BCUT2D eigenvalue weighted by Gasteiger charge is 2.44. The molecule has 150 valence electrons. The average molecular weight is 418 g/mol. The van der Waals surface area contributed by atoms with E-state index in [1.807, 2.05) is 30.3 Å². The number of thiazole rings is 1. The molecule has 1 aliphatic rings. The third-order valence-electron chi connectivity index (χ3n) is 4.76. The number of methoxy groups -OCH3 is 1. The molecular formula is C23H18N2O4S. The monoisotopic (exact) mass is 418 g/mol. The fourth-order valence-electron chi connectivity index (χ4n) is 3.32. The zero-order valence-electron chi connectivity index (χ0n) is 16.1. The molecule has 6 nitrogen and oxygen atoms in total. The number of allylic oxidation sites excluding steroid dienone is 1. The summed E-state index contributed by atoms with van der Waals surface area (Å²) in [6, 6.07) is 15.6. The van der Waals surface area contributed by atoms with Crippen molar-refractivity contribution in [3.05, 3.63) is 94.7 Å². The number of nitrogens with zero attached hydrogens (tertiary/aromatic N) is 2. The summed E-state index contributed by atoms with van der Waals surface area (Å²) in [5.74, 6) is -1.01. The van der Waals surface area contributed by atoms with Gasteiger partial charge >= 0.3 is 0 Å². The highest BCUT2D eigenvalue weighted by molar-refractivity contribution is 7.13. The first-order valence-corrected chi connectivity index (χ1v) is 10.1. The number of ether oxygens (including phenoxy) is 1. The molecule has 0 fully saturated rings. The normalized spacial score (nSPS) is 16.5. The van der Waals surface area contributed by atoms with E-state index in [0.29, 0.717) is 16.4 Å². The van der Waals surface area contributed by atoms with Crippen molar-refractivity contribution in [1.82, 2.24) is 4.98 Å². The van der Waals surface area contributed by atoms with Crippen LogP contribution in [0.2, 0.25) is 0 Å². The maximum atomic E-state index is 13.1. The van der Waals surface area contributed by atoms with E-state index < -0.39 is 23.5 Å². The van der Waals surface area contributed by atoms with Gasteiger partial charge in [0, 0.05) is 11.6 Å². The van der Waals surface area contributed by atoms with Gasteiger partial charge in [-0.05, 0) is 29.3 Å². The summed E-state index contributed by atoms with van der Waals surface area (Å²) in [5, 5.41) is 12.8. The summed E-state index contributed by atoms with van der Waals surface area (Å²) in [4.78, 5) is 31.5. The van der Waals surface area contributed by atoms with Crippen molar-refractivity contribution in [3.63, 3.8) is 0 Å². The van der Waals surface area contributed by atoms with Crippen molar-refractivity contribution < 1.29 is 19.4 Å². The lowest BCUT2D eigenvalue weighted by Crippen LogP contribution is -2.30. The zero-order valence-corrected chi connectivity index (χ0v) is 16.9. The molecule has 0 spiro atoms. The second-order valence-corrected chi connectivity index (χ2v) is 7.41. The van der Waals surface area contributed by atoms with Crippen LogP contribution in [-0.4, -0.2) is 28.9 Å². The van der Waals surface area contributed by atoms with E-state index in [2.05, 4.69) is 4.98 Å². The largest absolute Gasteiger partial charge is 0.503 e. The van der Waals surface area contributed by atoms with Crippen LogP contribution in [0.3, 0.4) is 0 Å². The Morgan fingerprint density at radius 2 is 1.90 bits per heavy atom. The van der Waals surface area contributed by atoms with Crippen molar-refractivity contribution in [3.8, 4) is 5.75 Å². The molecule has 1 N–H and O–H groups in total. The van der Waals surface area contributed by atoms with Gasteiger partial charge in [0.05, 0.1) is 18.7 Å². The van der Waals surface area contributed by atoms with E-state index in [1.54, 1.807) is 49.0 Å². The molecule has 1 atom stereocenters. The molecule has 0 aliphatic carbocycles. The first-order chi connectivity index (χ1) is 14.6. The quantitative estimate of drug-likeness (QED) is 0.603. The SMILES string of the molecule is COc1ccc(C2C(C(=O)/C=C/c3ccccc3)=C(O)C(=O)N2c2nccs2)cc1. The molecule has 0 saturated heterocycles. The van der Waals surface area contributed by atoms with Gasteiger partial charge in [0.2, 0.25) is 0 Å². The number of carbonyl (C=O) groups is 2. The fourth-order valence-corrected chi connectivity index (χ4v) is 3.98. The Bertz CT molecular complexity index is 1120. The Hall–Kier alpha value is -3.71. The van der Waals surface area contributed by atoms with Crippen LogP contribution in [0, 0.1) is 0 Å². The van der Waals surface area contributed by atoms with Crippen LogP contribution < -0.4 is 9.64 Å². The smallest absolute Gasteiger partial charge is 0.296 e. The van der Waals surface area contributed by atoms with Crippen molar-refractivity contribution in [2.75, 3.05) is 12.0 Å². The Morgan fingerprint density at radius 3 is 2.53 bits per heavy atom. The fraction of sp³-hybridized carbons (Fsp3) is 0.0870. The van der Waals surface area contributed by atoms with Crippen LogP contribution in [0.5, 0.6) is 5.75 Å². The average Bonchev–Trinajstić information content (AvgIpc) is 3.40. The van der Waals surface area contributed by atoms with Gasteiger partial charge in [0.15, 0.2) is 16.7 Å². The lowest BCUT2D eigenvalue weighted by Gasteiger charge is -2.24. The number of hydrogen-bond donors (Lipinski definition) is 1. The van der Waals surface area contributed by atoms with Gasteiger partial charge < -0.3 is 9.84 Å². The zero-order chi connectivity index (χ0) is 21.1. The number of aromatic nitrogens is 1. The number of benzene rings is 2. The van der Waals surface area contributed by atoms with Gasteiger partial charge in [0.1, 0.15) is 5.75 Å². The summed E-state index contributed by atoms with van der Waals surface area (Å²) >= 11 is 1.26. The van der Waals surface area contributed by atoms with E-state index in [0.717, 1.165) is 5.56 Å². The summed E-state index contributed by atoms with van der Waals surface area (Å²) in [6.07, 6.45) is 4.60. The van der Waals surface area contributed by atoms with Crippen LogP contribution >= 0.6 is 11.3 Å². The van der Waals surface area contributed by atoms with Crippen LogP contribution in [-0.2, 0) is 9.59 Å². The number of ketones is 1. The van der Waals surface area contributed by atoms with Crippen LogP contribution in [0.1, 0.15) is 17.2 Å². The lowest BCUT2D eigenvalue weighted by atomic mass is 9.95. The molecular weight excluding hydrogens is 400 g/mol. The van der Waals surface area contributed by atoms with Gasteiger partial charge in [0.25, 0.3) is 5.91 Å². The first kappa shape index (κ1) is 19.6. The van der Waals surface area contributed by atoms with Gasteiger partial charge in [-0.3, -0.25) is 14.5 Å². The van der Waals surface area contributed by atoms with Crippen molar-refractivity contribution in [2.24, 2.45) is 0 Å². The number of amides is 1. The van der Waals surface area contributed by atoms with Gasteiger partial charge in [-0.25, -0.2) is 4.98 Å². The Morgan fingerprint density at radius 1 is 1.17 bits per heavy atom. The third-order valence-corrected chi connectivity index (χ3v) is 5.53. The van der Waals surface area contributed by atoms with Gasteiger partial charge in [-0.1, -0.05) is 48.5 Å². The first-order valence-electron chi connectivity index (χ1n) is 9.17. The van der Waals surface area contributed by atoms with Crippen molar-refractivity contribution in [2.45, 2.75) is 6.04 Å². The van der Waals surface area contributed by atoms with Crippen molar-refractivity contribution in [1.29, 1.82) is 0 Å². The molecule has 1 unspecified atom stereocenters. The molecule has 3 aromatic rings. The number of aliphatic hydroxyl groups is 1. The minimum Gasteiger partial charge on any atom is -0.503 e. The Kier molecular flexibility index (Phi) is 5.45. The molecule has 4 rings (SSSR count). The van der Waals surface area contributed by atoms with Crippen LogP contribution in [0.15, 0.2) is 83.6 Å². The third kappa shape index (κ3) is 3.62. The second kappa shape index (κ2) is 8.34. The lowest BCUT2D eigenvalue weighted by molar-refractivity contribution is -0.117. The number of carbonyl (C=O) groups excluding carboxylic acids is 2. The minimum atomic E-state index is -0.789. The molecule has 30 heavy (non-hydrogen) atoms. The number of rotatable bonds is 6. The molecule has 0 saturated carbocycles. The van der Waals surface area contributed by atoms with E-state index in [1.165, 1.54) is 22.3 Å². The molecule has 7 heteroatoms. The molecule has 1 aromatic heterocycles. The van der Waals surface area contributed by atoms with E-state index in [-0.39, 0.29) is 5.57 Å². The highest BCUT2D eigenvalue weighted by Crippen LogP contribution is 2.42. The van der Waals surface area contributed by atoms with Gasteiger partial charge in [-0.15, -0.1) is 11.3 Å². The summed E-state index contributed by atoms with van der Waals surface area (Å²) in [6.45, 7) is 0. The van der Waals surface area contributed by atoms with E-state index >= 15 is 0 Å². The van der Waals surface area contributed by atoms with Crippen LogP contribution in [0.25, 0.3) is 6.08 Å². The van der Waals surface area contributed by atoms with E-state index in [9.17, 15) is 14.7 Å². The maximum absolute atomic E-state index is 13.1. The number of hydrogen-bond acceptors (Lipinski definition) is 6. The van der Waals surface area contributed by atoms with Crippen LogP contribution in [0.4, 0.5) is 5.13 Å². The molecule has 2 aromatic carbocycles. The molecule has 2 heterocycles. The molecule has 0 bridgehead atoms. The molecule has 0 radical (unpaired) electrons. The molecule has 1 aliphatic heterocycles. The predicted molar refractivity (Wildman–Crippen MR) is 115 cm³/mol. The minimum absolute atomic E-state index is 0.0209. The Labute approximate surface area is 177 Å². The van der Waals surface area contributed by atoms with E-state index in [4.69, 9.17) is 4.74 Å².